The Bertz CT molecular complexity index is 355. The van der Waals surface area contributed by atoms with E-state index in [0.717, 1.165) is 12.4 Å². The van der Waals surface area contributed by atoms with Crippen molar-refractivity contribution in [2.24, 2.45) is 0 Å². The predicted molar refractivity (Wildman–Crippen MR) is 67.3 cm³/mol. The lowest BCUT2D eigenvalue weighted by atomic mass is 10.0. The lowest BCUT2D eigenvalue weighted by Gasteiger charge is -2.35. The summed E-state index contributed by atoms with van der Waals surface area (Å²) < 4.78 is 0. The molecule has 16 heavy (non-hydrogen) atoms. The Balaban J connectivity index is 2.20. The normalized spacial score (nSPS) is 21.2. The standard InChI is InChI=1S/C12H16N2OS/c1-16-9-14-11(7-13-8-12(14)15)10-5-3-2-4-6-10/h2-6,11,13H,7-9H2,1H3. The molecule has 1 aliphatic heterocycles. The van der Waals surface area contributed by atoms with Gasteiger partial charge in [-0.1, -0.05) is 30.3 Å². The number of hydrogen-bond acceptors (Lipinski definition) is 3. The van der Waals surface area contributed by atoms with E-state index >= 15 is 0 Å². The Labute approximate surface area is 100 Å². The molecule has 1 atom stereocenters. The molecule has 0 spiro atoms. The molecule has 1 aromatic carbocycles. The minimum absolute atomic E-state index is 0.176. The molecule has 4 heteroatoms. The SMILES string of the molecule is CSCN1C(=O)CNCC1c1ccccc1. The van der Waals surface area contributed by atoms with Crippen molar-refractivity contribution >= 4 is 17.7 Å². The minimum atomic E-state index is 0.176. The van der Waals surface area contributed by atoms with Crippen molar-refractivity contribution in [1.29, 1.82) is 0 Å². The zero-order chi connectivity index (χ0) is 11.4. The van der Waals surface area contributed by atoms with Crippen LogP contribution in [0.1, 0.15) is 11.6 Å². The Morgan fingerprint density at radius 3 is 2.88 bits per heavy atom. The van der Waals surface area contributed by atoms with E-state index in [-0.39, 0.29) is 11.9 Å². The molecule has 0 aliphatic carbocycles. The van der Waals surface area contributed by atoms with E-state index in [1.54, 1.807) is 11.8 Å². The summed E-state index contributed by atoms with van der Waals surface area (Å²) in [6.45, 7) is 1.31. The highest BCUT2D eigenvalue weighted by Gasteiger charge is 2.28. The molecule has 1 aliphatic rings. The smallest absolute Gasteiger partial charge is 0.237 e. The van der Waals surface area contributed by atoms with Gasteiger partial charge in [0.25, 0.3) is 0 Å². The number of rotatable bonds is 3. The second kappa shape index (κ2) is 5.37. The van der Waals surface area contributed by atoms with Crippen LogP contribution in [-0.4, -0.2) is 36.0 Å². The summed E-state index contributed by atoms with van der Waals surface area (Å²) in [5, 5.41) is 3.17. The zero-order valence-corrected chi connectivity index (χ0v) is 10.2. The van der Waals surface area contributed by atoms with Crippen molar-refractivity contribution in [2.45, 2.75) is 6.04 Å². The third kappa shape index (κ3) is 2.39. The number of thioether (sulfide) groups is 1. The highest BCUT2D eigenvalue weighted by Crippen LogP contribution is 2.23. The third-order valence-corrected chi connectivity index (χ3v) is 3.30. The summed E-state index contributed by atoms with van der Waals surface area (Å²) in [4.78, 5) is 13.8. The van der Waals surface area contributed by atoms with Crippen LogP contribution in [0, 0.1) is 0 Å². The Hall–Kier alpha value is -1.00. The van der Waals surface area contributed by atoms with Crippen molar-refractivity contribution in [2.75, 3.05) is 25.2 Å². The van der Waals surface area contributed by atoms with Crippen molar-refractivity contribution in [3.8, 4) is 0 Å². The molecule has 1 amide bonds. The van der Waals surface area contributed by atoms with Crippen LogP contribution >= 0.6 is 11.8 Å². The van der Waals surface area contributed by atoms with Gasteiger partial charge in [0.1, 0.15) is 0 Å². The van der Waals surface area contributed by atoms with E-state index in [1.165, 1.54) is 5.56 Å². The average molecular weight is 236 g/mol. The van der Waals surface area contributed by atoms with E-state index < -0.39 is 0 Å². The molecule has 1 heterocycles. The van der Waals surface area contributed by atoms with Crippen LogP contribution < -0.4 is 5.32 Å². The van der Waals surface area contributed by atoms with Crippen LogP contribution in [0.15, 0.2) is 30.3 Å². The topological polar surface area (TPSA) is 32.3 Å². The molecule has 86 valence electrons. The first-order valence-electron chi connectivity index (χ1n) is 5.37. The fraction of sp³-hybridized carbons (Fsp3) is 0.417. The second-order valence-corrected chi connectivity index (χ2v) is 4.67. The van der Waals surface area contributed by atoms with E-state index in [2.05, 4.69) is 17.4 Å². The molecular weight excluding hydrogens is 220 g/mol. The molecule has 2 rings (SSSR count). The highest BCUT2D eigenvalue weighted by atomic mass is 32.2. The van der Waals surface area contributed by atoms with Crippen LogP contribution in [0.2, 0.25) is 0 Å². The lowest BCUT2D eigenvalue weighted by Crippen LogP contribution is -2.49. The van der Waals surface area contributed by atoms with Gasteiger partial charge >= 0.3 is 0 Å². The van der Waals surface area contributed by atoms with Gasteiger partial charge < -0.3 is 10.2 Å². The van der Waals surface area contributed by atoms with Crippen molar-refractivity contribution in [3.63, 3.8) is 0 Å². The minimum Gasteiger partial charge on any atom is -0.324 e. The van der Waals surface area contributed by atoms with Gasteiger partial charge in [-0.3, -0.25) is 4.79 Å². The van der Waals surface area contributed by atoms with Crippen LogP contribution in [0.3, 0.4) is 0 Å². The fourth-order valence-corrected chi connectivity index (χ4v) is 2.58. The first kappa shape index (κ1) is 11.5. The van der Waals surface area contributed by atoms with Crippen molar-refractivity contribution in [1.82, 2.24) is 10.2 Å². The zero-order valence-electron chi connectivity index (χ0n) is 9.35. The maximum Gasteiger partial charge on any atom is 0.237 e. The summed E-state index contributed by atoms with van der Waals surface area (Å²) in [5.74, 6) is 0.953. The Morgan fingerprint density at radius 1 is 1.44 bits per heavy atom. The van der Waals surface area contributed by atoms with Gasteiger partial charge in [0.2, 0.25) is 5.91 Å². The van der Waals surface area contributed by atoms with Gasteiger partial charge in [-0.25, -0.2) is 0 Å². The number of amides is 1. The average Bonchev–Trinajstić information content (AvgIpc) is 2.33. The highest BCUT2D eigenvalue weighted by molar-refractivity contribution is 7.98. The first-order valence-corrected chi connectivity index (χ1v) is 6.76. The molecule has 1 saturated heterocycles. The Kier molecular flexibility index (Phi) is 3.85. The molecule has 1 unspecified atom stereocenters. The number of benzene rings is 1. The quantitative estimate of drug-likeness (QED) is 0.863. The van der Waals surface area contributed by atoms with E-state index in [4.69, 9.17) is 0 Å². The van der Waals surface area contributed by atoms with Gasteiger partial charge in [0, 0.05) is 6.54 Å². The summed E-state index contributed by atoms with van der Waals surface area (Å²) in [5.41, 5.74) is 1.21. The number of carbonyl (C=O) groups is 1. The number of nitrogens with zero attached hydrogens (tertiary/aromatic N) is 1. The number of carbonyl (C=O) groups excluding carboxylic acids is 1. The van der Waals surface area contributed by atoms with Gasteiger partial charge in [-0.05, 0) is 11.8 Å². The molecule has 0 bridgehead atoms. The fourth-order valence-electron chi connectivity index (χ4n) is 1.98. The number of piperazine rings is 1. The molecule has 1 N–H and O–H groups in total. The molecule has 3 nitrogen and oxygen atoms in total. The largest absolute Gasteiger partial charge is 0.324 e. The Morgan fingerprint density at radius 2 is 2.19 bits per heavy atom. The van der Waals surface area contributed by atoms with Gasteiger partial charge in [0.15, 0.2) is 0 Å². The van der Waals surface area contributed by atoms with Crippen molar-refractivity contribution in [3.05, 3.63) is 35.9 Å². The van der Waals surface area contributed by atoms with Gasteiger partial charge in [-0.15, -0.1) is 11.8 Å². The first-order chi connectivity index (χ1) is 7.83. The number of hydrogen-bond donors (Lipinski definition) is 1. The van der Waals surface area contributed by atoms with Gasteiger partial charge in [0.05, 0.1) is 18.5 Å². The molecular formula is C12H16N2OS. The number of nitrogens with one attached hydrogen (secondary N) is 1. The molecule has 0 saturated carbocycles. The summed E-state index contributed by atoms with van der Waals surface area (Å²) >= 11 is 1.69. The monoisotopic (exact) mass is 236 g/mol. The van der Waals surface area contributed by atoms with Crippen LogP contribution in [0.4, 0.5) is 0 Å². The molecule has 0 radical (unpaired) electrons. The predicted octanol–water partition coefficient (Wildman–Crippen LogP) is 1.48. The van der Waals surface area contributed by atoms with Gasteiger partial charge in [-0.2, -0.15) is 0 Å². The maximum absolute atomic E-state index is 11.8. The van der Waals surface area contributed by atoms with Crippen LogP contribution in [0.5, 0.6) is 0 Å². The van der Waals surface area contributed by atoms with E-state index in [9.17, 15) is 4.79 Å². The molecule has 0 aromatic heterocycles. The lowest BCUT2D eigenvalue weighted by molar-refractivity contribution is -0.133. The summed E-state index contributed by atoms with van der Waals surface area (Å²) in [7, 11) is 0. The third-order valence-electron chi connectivity index (χ3n) is 2.76. The summed E-state index contributed by atoms with van der Waals surface area (Å²) in [6, 6.07) is 10.4. The van der Waals surface area contributed by atoms with Crippen LogP contribution in [-0.2, 0) is 4.79 Å². The maximum atomic E-state index is 11.8. The second-order valence-electron chi connectivity index (χ2n) is 3.84. The van der Waals surface area contributed by atoms with E-state index in [0.29, 0.717) is 6.54 Å². The van der Waals surface area contributed by atoms with Crippen LogP contribution in [0.25, 0.3) is 0 Å². The molecule has 1 aromatic rings. The van der Waals surface area contributed by atoms with E-state index in [1.807, 2.05) is 29.4 Å². The summed E-state index contributed by atoms with van der Waals surface area (Å²) in [6.07, 6.45) is 2.03. The van der Waals surface area contributed by atoms with Crippen molar-refractivity contribution < 1.29 is 4.79 Å². The molecule has 1 fully saturated rings.